The van der Waals surface area contributed by atoms with Crippen LogP contribution in [0, 0.1) is 23.3 Å². The molecule has 2 aromatic rings. The van der Waals surface area contributed by atoms with Crippen LogP contribution in [0.25, 0.3) is 0 Å². The standard InChI is InChI=1S/C30H31F7N2O3Si/c1-14(2)43(15(3)4,16(5)6)13-17-12-29(7,39-26(40)18-10-8-9-11-19(18)27(39)41)28(42)38(17)25-23(33)21(31)20(30(35,36)37)22(32)24(25)34/h8-11,13-16H,12H2,1-7H3/b17-13+. The molecule has 0 saturated carbocycles. The van der Waals surface area contributed by atoms with E-state index in [0.29, 0.717) is 9.80 Å². The van der Waals surface area contributed by atoms with E-state index < -0.39 is 78.5 Å². The van der Waals surface area contributed by atoms with Crippen LogP contribution in [0.4, 0.5) is 36.4 Å². The molecule has 2 aliphatic rings. The van der Waals surface area contributed by atoms with Gasteiger partial charge in [-0.15, -0.1) is 0 Å². The van der Waals surface area contributed by atoms with Gasteiger partial charge in [0.1, 0.15) is 16.8 Å². The highest BCUT2D eigenvalue weighted by Gasteiger charge is 2.59. The Morgan fingerprint density at radius 1 is 0.791 bits per heavy atom. The van der Waals surface area contributed by atoms with E-state index >= 15 is 8.78 Å². The molecule has 13 heteroatoms. The van der Waals surface area contributed by atoms with Crippen LogP contribution in [0.1, 0.15) is 81.2 Å². The number of imide groups is 1. The molecule has 1 fully saturated rings. The third-order valence-electron chi connectivity index (χ3n) is 8.93. The number of nitrogens with zero attached hydrogens (tertiary/aromatic N) is 2. The number of hydrogen-bond acceptors (Lipinski definition) is 3. The van der Waals surface area contributed by atoms with Gasteiger partial charge in [-0.2, -0.15) is 13.2 Å². The lowest BCUT2D eigenvalue weighted by Crippen LogP contribution is -2.55. The van der Waals surface area contributed by atoms with Crippen molar-refractivity contribution in [3.8, 4) is 0 Å². The van der Waals surface area contributed by atoms with E-state index in [2.05, 4.69) is 0 Å². The number of fused-ring (bicyclic) bond motifs is 1. The highest BCUT2D eigenvalue weighted by atomic mass is 28.3. The normalized spacial score (nSPS) is 20.6. The van der Waals surface area contributed by atoms with E-state index in [1.165, 1.54) is 31.2 Å². The summed E-state index contributed by atoms with van der Waals surface area (Å²) in [5.74, 6) is -13.3. The average molecular weight is 629 g/mol. The molecule has 0 spiro atoms. The number of hydrogen-bond donors (Lipinski definition) is 0. The van der Waals surface area contributed by atoms with Crippen molar-refractivity contribution in [1.82, 2.24) is 4.90 Å². The van der Waals surface area contributed by atoms with Gasteiger partial charge < -0.3 is 0 Å². The first-order valence-electron chi connectivity index (χ1n) is 13.7. The van der Waals surface area contributed by atoms with E-state index in [0.717, 1.165) is 0 Å². The van der Waals surface area contributed by atoms with Gasteiger partial charge in [0.2, 0.25) is 0 Å². The maximum absolute atomic E-state index is 15.5. The van der Waals surface area contributed by atoms with Crippen LogP contribution >= 0.6 is 0 Å². The molecule has 1 atom stereocenters. The second kappa shape index (κ2) is 10.6. The third kappa shape index (κ3) is 4.61. The number of anilines is 1. The molecule has 2 heterocycles. The lowest BCUT2D eigenvalue weighted by atomic mass is 9.97. The number of carbonyl (C=O) groups is 3. The fourth-order valence-electron chi connectivity index (χ4n) is 6.91. The van der Waals surface area contributed by atoms with Gasteiger partial charge in [-0.25, -0.2) is 17.6 Å². The molecule has 3 amide bonds. The molecule has 0 bridgehead atoms. The molecule has 232 valence electrons. The summed E-state index contributed by atoms with van der Waals surface area (Å²) in [7, 11) is -2.76. The number of alkyl halides is 3. The molecule has 4 rings (SSSR count). The van der Waals surface area contributed by atoms with Crippen LogP contribution in [0.3, 0.4) is 0 Å². The van der Waals surface area contributed by atoms with Gasteiger partial charge in [0.05, 0.1) is 19.2 Å². The van der Waals surface area contributed by atoms with Crippen molar-refractivity contribution in [2.24, 2.45) is 0 Å². The fourth-order valence-corrected chi connectivity index (χ4v) is 12.7. The first-order valence-corrected chi connectivity index (χ1v) is 16.0. The molecule has 0 aromatic heterocycles. The maximum atomic E-state index is 15.5. The molecule has 0 aliphatic carbocycles. The topological polar surface area (TPSA) is 57.7 Å². The number of amides is 3. The van der Waals surface area contributed by atoms with Gasteiger partial charge in [0.25, 0.3) is 17.7 Å². The van der Waals surface area contributed by atoms with Crippen molar-refractivity contribution < 1.29 is 45.1 Å². The highest BCUT2D eigenvalue weighted by molar-refractivity contribution is 6.88. The minimum atomic E-state index is -5.79. The Bertz CT molecular complexity index is 1480. The minimum Gasteiger partial charge on any atom is -0.277 e. The summed E-state index contributed by atoms with van der Waals surface area (Å²) in [5, 5.41) is 0. The van der Waals surface area contributed by atoms with Crippen LogP contribution in [-0.4, -0.2) is 36.2 Å². The van der Waals surface area contributed by atoms with Crippen LogP contribution in [0.2, 0.25) is 16.6 Å². The van der Waals surface area contributed by atoms with Crippen molar-refractivity contribution in [3.05, 3.63) is 75.6 Å². The summed E-state index contributed by atoms with van der Waals surface area (Å²) in [6.45, 7) is 12.7. The Morgan fingerprint density at radius 3 is 1.58 bits per heavy atom. The third-order valence-corrected chi connectivity index (χ3v) is 15.8. The zero-order valence-electron chi connectivity index (χ0n) is 24.6. The molecule has 2 aromatic carbocycles. The second-order valence-electron chi connectivity index (χ2n) is 12.2. The van der Waals surface area contributed by atoms with Crippen molar-refractivity contribution in [2.45, 2.75) is 83.2 Å². The van der Waals surface area contributed by atoms with Crippen molar-refractivity contribution >= 4 is 31.5 Å². The van der Waals surface area contributed by atoms with Gasteiger partial charge in [-0.1, -0.05) is 59.4 Å². The van der Waals surface area contributed by atoms with E-state index in [1.54, 1.807) is 5.70 Å². The Labute approximate surface area is 245 Å². The monoisotopic (exact) mass is 628 g/mol. The lowest BCUT2D eigenvalue weighted by molar-refractivity contribution is -0.143. The van der Waals surface area contributed by atoms with Gasteiger partial charge in [-0.3, -0.25) is 24.2 Å². The molecule has 1 saturated heterocycles. The Morgan fingerprint density at radius 2 is 1.21 bits per heavy atom. The summed E-state index contributed by atoms with van der Waals surface area (Å²) in [6.07, 6.45) is -6.28. The van der Waals surface area contributed by atoms with Gasteiger partial charge in [-0.05, 0) is 35.7 Å². The quantitative estimate of drug-likeness (QED) is 0.140. The summed E-state index contributed by atoms with van der Waals surface area (Å²) >= 11 is 0. The van der Waals surface area contributed by atoms with Crippen LogP contribution in [0.15, 0.2) is 35.7 Å². The molecule has 5 nitrogen and oxygen atoms in total. The zero-order chi connectivity index (χ0) is 32.6. The van der Waals surface area contributed by atoms with E-state index in [4.69, 9.17) is 0 Å². The van der Waals surface area contributed by atoms with E-state index in [9.17, 15) is 36.3 Å². The molecule has 0 radical (unpaired) electrons. The largest absolute Gasteiger partial charge is 0.422 e. The molecular weight excluding hydrogens is 597 g/mol. The molecule has 2 aliphatic heterocycles. The number of benzene rings is 2. The zero-order valence-corrected chi connectivity index (χ0v) is 25.6. The predicted molar refractivity (Wildman–Crippen MR) is 148 cm³/mol. The summed E-state index contributed by atoms with van der Waals surface area (Å²) in [4.78, 5) is 42.0. The van der Waals surface area contributed by atoms with Gasteiger partial charge in [0, 0.05) is 12.1 Å². The predicted octanol–water partition coefficient (Wildman–Crippen LogP) is 8.16. The van der Waals surface area contributed by atoms with Gasteiger partial charge >= 0.3 is 6.18 Å². The van der Waals surface area contributed by atoms with Crippen molar-refractivity contribution in [2.75, 3.05) is 4.90 Å². The van der Waals surface area contributed by atoms with E-state index in [1.807, 2.05) is 41.5 Å². The molecule has 1 unspecified atom stereocenters. The Kier molecular flexibility index (Phi) is 7.99. The van der Waals surface area contributed by atoms with Crippen LogP contribution in [0.5, 0.6) is 0 Å². The van der Waals surface area contributed by atoms with Crippen LogP contribution in [-0.2, 0) is 11.0 Å². The number of halogens is 7. The SMILES string of the molecule is CC(C)[Si](/C=C1\CC(C)(N2C(=O)c3ccccc3C2=O)C(=O)N1c1c(F)c(F)c(C(F)(F)F)c(F)c1F)(C(C)C)C(C)C. The Hall–Kier alpha value is -3.48. The van der Waals surface area contributed by atoms with Crippen molar-refractivity contribution in [3.63, 3.8) is 0 Å². The lowest BCUT2D eigenvalue weighted by Gasteiger charge is -2.41. The van der Waals surface area contributed by atoms with Crippen molar-refractivity contribution in [1.29, 1.82) is 0 Å². The second-order valence-corrected chi connectivity index (χ2v) is 17.9. The fraction of sp³-hybridized carbons (Fsp3) is 0.433. The highest BCUT2D eigenvalue weighted by Crippen LogP contribution is 2.50. The summed E-state index contributed by atoms with van der Waals surface area (Å²) in [6, 6.07) is 5.72. The van der Waals surface area contributed by atoms with Crippen LogP contribution < -0.4 is 4.90 Å². The summed E-state index contributed by atoms with van der Waals surface area (Å²) < 4.78 is 101. The number of carbonyl (C=O) groups excluding carboxylic acids is 3. The first kappa shape index (κ1) is 32.4. The Balaban J connectivity index is 2.06. The molecular formula is C30H31F7N2O3Si. The smallest absolute Gasteiger partial charge is 0.277 e. The average Bonchev–Trinajstić information content (AvgIpc) is 3.30. The first-order chi connectivity index (χ1) is 19.7. The summed E-state index contributed by atoms with van der Waals surface area (Å²) in [5.41, 5.74) is -5.27. The molecule has 0 N–H and O–H groups in total. The molecule has 43 heavy (non-hydrogen) atoms. The van der Waals surface area contributed by atoms with Gasteiger partial charge in [0.15, 0.2) is 23.3 Å². The maximum Gasteiger partial charge on any atom is 0.422 e. The minimum absolute atomic E-state index is 0.0234. The number of rotatable bonds is 6. The van der Waals surface area contributed by atoms with E-state index in [-0.39, 0.29) is 33.4 Å².